The SMILES string of the molecule is CC(C)COP(=O)(O)Oc1ccccc1. The van der Waals surface area contributed by atoms with Crippen LogP contribution in [0.15, 0.2) is 30.3 Å². The summed E-state index contributed by atoms with van der Waals surface area (Å²) in [5.41, 5.74) is 0. The van der Waals surface area contributed by atoms with Gasteiger partial charge in [0.15, 0.2) is 0 Å². The molecule has 1 unspecified atom stereocenters. The molecule has 0 fully saturated rings. The zero-order chi connectivity index (χ0) is 11.3. The van der Waals surface area contributed by atoms with E-state index in [2.05, 4.69) is 0 Å². The highest BCUT2D eigenvalue weighted by molar-refractivity contribution is 7.47. The van der Waals surface area contributed by atoms with Crippen molar-refractivity contribution in [1.29, 1.82) is 0 Å². The highest BCUT2D eigenvalue weighted by Crippen LogP contribution is 2.43. The molecule has 0 amide bonds. The number of hydrogen-bond donors (Lipinski definition) is 1. The van der Waals surface area contributed by atoms with Crippen LogP contribution in [0, 0.1) is 5.92 Å². The van der Waals surface area contributed by atoms with Crippen molar-refractivity contribution in [3.8, 4) is 5.75 Å². The molecule has 0 spiro atoms. The number of rotatable bonds is 5. The highest BCUT2D eigenvalue weighted by Gasteiger charge is 2.22. The highest BCUT2D eigenvalue weighted by atomic mass is 31.2. The van der Waals surface area contributed by atoms with Crippen molar-refractivity contribution in [2.45, 2.75) is 13.8 Å². The summed E-state index contributed by atoms with van der Waals surface area (Å²) in [5.74, 6) is 0.511. The van der Waals surface area contributed by atoms with Crippen molar-refractivity contribution < 1.29 is 18.5 Å². The quantitative estimate of drug-likeness (QED) is 0.790. The Morgan fingerprint density at radius 1 is 1.33 bits per heavy atom. The summed E-state index contributed by atoms with van der Waals surface area (Å²) in [5, 5.41) is 0. The predicted octanol–water partition coefficient (Wildman–Crippen LogP) is 2.84. The largest absolute Gasteiger partial charge is 0.527 e. The Kier molecular flexibility index (Phi) is 4.33. The molecule has 0 aliphatic rings. The Bertz CT molecular complexity index is 337. The summed E-state index contributed by atoms with van der Waals surface area (Å²) in [6.07, 6.45) is 0. The third kappa shape index (κ3) is 4.98. The molecule has 1 rings (SSSR count). The van der Waals surface area contributed by atoms with Crippen molar-refractivity contribution in [3.05, 3.63) is 30.3 Å². The fraction of sp³-hybridized carbons (Fsp3) is 0.400. The third-order valence-corrected chi connectivity index (χ3v) is 2.45. The third-order valence-electron chi connectivity index (χ3n) is 1.53. The van der Waals surface area contributed by atoms with Gasteiger partial charge in [0.1, 0.15) is 5.75 Å². The molecule has 84 valence electrons. The van der Waals surface area contributed by atoms with Gasteiger partial charge >= 0.3 is 7.82 Å². The van der Waals surface area contributed by atoms with E-state index in [9.17, 15) is 9.46 Å². The molecule has 0 aliphatic carbocycles. The first-order valence-electron chi connectivity index (χ1n) is 4.71. The van der Waals surface area contributed by atoms with Gasteiger partial charge in [-0.25, -0.2) is 4.57 Å². The second kappa shape index (κ2) is 5.31. The van der Waals surface area contributed by atoms with Gasteiger partial charge in [-0.3, -0.25) is 9.42 Å². The van der Waals surface area contributed by atoms with Crippen molar-refractivity contribution in [3.63, 3.8) is 0 Å². The van der Waals surface area contributed by atoms with Crippen molar-refractivity contribution in [1.82, 2.24) is 0 Å². The van der Waals surface area contributed by atoms with Crippen molar-refractivity contribution >= 4 is 7.82 Å². The van der Waals surface area contributed by atoms with Crippen LogP contribution in [0.25, 0.3) is 0 Å². The standard InChI is InChI=1S/C10H15O4P/c1-9(2)8-13-15(11,12)14-10-6-4-3-5-7-10/h3-7,9H,8H2,1-2H3,(H,11,12). The van der Waals surface area contributed by atoms with E-state index in [0.717, 1.165) is 0 Å². The maximum absolute atomic E-state index is 11.4. The summed E-state index contributed by atoms with van der Waals surface area (Å²) in [6, 6.07) is 8.43. The molecule has 1 aromatic rings. The average Bonchev–Trinajstić information content (AvgIpc) is 2.16. The van der Waals surface area contributed by atoms with Gasteiger partial charge in [-0.05, 0) is 18.1 Å². The van der Waals surface area contributed by atoms with Gasteiger partial charge in [0.25, 0.3) is 0 Å². The van der Waals surface area contributed by atoms with E-state index in [1.54, 1.807) is 30.3 Å². The van der Waals surface area contributed by atoms with E-state index in [0.29, 0.717) is 5.75 Å². The van der Waals surface area contributed by atoms with E-state index >= 15 is 0 Å². The minimum Gasteiger partial charge on any atom is -0.404 e. The zero-order valence-electron chi connectivity index (χ0n) is 8.79. The molecular weight excluding hydrogens is 215 g/mol. The fourth-order valence-corrected chi connectivity index (χ4v) is 1.81. The lowest BCUT2D eigenvalue weighted by atomic mass is 10.2. The van der Waals surface area contributed by atoms with Crippen LogP contribution in [0.4, 0.5) is 0 Å². The molecule has 0 saturated carbocycles. The molecule has 15 heavy (non-hydrogen) atoms. The number of phosphoric acid groups is 1. The Labute approximate surface area is 89.5 Å². The van der Waals surface area contributed by atoms with E-state index in [-0.39, 0.29) is 12.5 Å². The Morgan fingerprint density at radius 2 is 1.93 bits per heavy atom. The smallest absolute Gasteiger partial charge is 0.404 e. The number of phosphoric ester groups is 1. The first-order chi connectivity index (χ1) is 6.99. The van der Waals surface area contributed by atoms with E-state index in [4.69, 9.17) is 9.05 Å². The number of benzene rings is 1. The van der Waals surface area contributed by atoms with E-state index < -0.39 is 7.82 Å². The lowest BCUT2D eigenvalue weighted by Crippen LogP contribution is -2.03. The van der Waals surface area contributed by atoms with Crippen molar-refractivity contribution in [2.24, 2.45) is 5.92 Å². The van der Waals surface area contributed by atoms with Crippen LogP contribution in [-0.2, 0) is 9.09 Å². The minimum absolute atomic E-state index is 0.185. The first-order valence-corrected chi connectivity index (χ1v) is 6.21. The second-order valence-corrected chi connectivity index (χ2v) is 4.94. The fourth-order valence-electron chi connectivity index (χ4n) is 0.884. The molecule has 0 aromatic heterocycles. The summed E-state index contributed by atoms with van der Waals surface area (Å²) in [4.78, 5) is 9.33. The van der Waals surface area contributed by atoms with Gasteiger partial charge in [-0.1, -0.05) is 32.0 Å². The normalized spacial score (nSPS) is 14.9. The van der Waals surface area contributed by atoms with Gasteiger partial charge in [-0.15, -0.1) is 0 Å². The van der Waals surface area contributed by atoms with Crippen LogP contribution >= 0.6 is 7.82 Å². The van der Waals surface area contributed by atoms with E-state index in [1.807, 2.05) is 13.8 Å². The van der Waals surface area contributed by atoms with Gasteiger partial charge in [-0.2, -0.15) is 0 Å². The second-order valence-electron chi connectivity index (χ2n) is 3.56. The minimum atomic E-state index is -3.97. The van der Waals surface area contributed by atoms with Gasteiger partial charge in [0.05, 0.1) is 6.61 Å². The monoisotopic (exact) mass is 230 g/mol. The molecule has 1 N–H and O–H groups in total. The molecule has 5 heteroatoms. The van der Waals surface area contributed by atoms with Crippen LogP contribution in [0.3, 0.4) is 0 Å². The molecule has 0 bridgehead atoms. The summed E-state index contributed by atoms with van der Waals surface area (Å²) >= 11 is 0. The van der Waals surface area contributed by atoms with E-state index in [1.165, 1.54) is 0 Å². The maximum atomic E-state index is 11.4. The van der Waals surface area contributed by atoms with Crippen molar-refractivity contribution in [2.75, 3.05) is 6.61 Å². The molecule has 0 saturated heterocycles. The lowest BCUT2D eigenvalue weighted by Gasteiger charge is -2.13. The topological polar surface area (TPSA) is 55.8 Å². The van der Waals surface area contributed by atoms with Crippen LogP contribution in [0.5, 0.6) is 5.75 Å². The van der Waals surface area contributed by atoms with Crippen LogP contribution < -0.4 is 4.52 Å². The molecule has 0 radical (unpaired) electrons. The molecule has 1 aromatic carbocycles. The molecular formula is C10H15O4P. The Balaban J connectivity index is 2.53. The summed E-state index contributed by atoms with van der Waals surface area (Å²) in [7, 11) is -3.97. The van der Waals surface area contributed by atoms with Gasteiger partial charge in [0, 0.05) is 0 Å². The molecule has 0 aliphatic heterocycles. The first kappa shape index (κ1) is 12.2. The van der Waals surface area contributed by atoms with Crippen LogP contribution in [0.1, 0.15) is 13.8 Å². The molecule has 4 nitrogen and oxygen atoms in total. The number of hydrogen-bond acceptors (Lipinski definition) is 3. The molecule has 0 heterocycles. The van der Waals surface area contributed by atoms with Crippen LogP contribution in [0.2, 0.25) is 0 Å². The number of para-hydroxylation sites is 1. The Hall–Kier alpha value is -0.830. The zero-order valence-corrected chi connectivity index (χ0v) is 9.68. The average molecular weight is 230 g/mol. The molecule has 1 atom stereocenters. The van der Waals surface area contributed by atoms with Gasteiger partial charge in [0.2, 0.25) is 0 Å². The lowest BCUT2D eigenvalue weighted by molar-refractivity contribution is 0.183. The Morgan fingerprint density at radius 3 is 2.47 bits per heavy atom. The summed E-state index contributed by atoms with van der Waals surface area (Å²) < 4.78 is 21.0. The maximum Gasteiger partial charge on any atom is 0.527 e. The van der Waals surface area contributed by atoms with Crippen LogP contribution in [-0.4, -0.2) is 11.5 Å². The summed E-state index contributed by atoms with van der Waals surface area (Å²) in [6.45, 7) is 3.98. The van der Waals surface area contributed by atoms with Gasteiger partial charge < -0.3 is 4.52 Å². The predicted molar refractivity (Wildman–Crippen MR) is 57.7 cm³/mol.